The molecule has 0 bridgehead atoms. The molecule has 2 aromatic carbocycles. The summed E-state index contributed by atoms with van der Waals surface area (Å²) >= 11 is 0. The van der Waals surface area contributed by atoms with E-state index in [1.807, 2.05) is 12.1 Å². The molecule has 1 aromatic heterocycles. The number of aromatic nitrogens is 1. The second-order valence-corrected chi connectivity index (χ2v) is 9.99. The van der Waals surface area contributed by atoms with Crippen LogP contribution < -0.4 is 16.0 Å². The Morgan fingerprint density at radius 2 is 1.93 bits per heavy atom. The molecule has 40 heavy (non-hydrogen) atoms. The van der Waals surface area contributed by atoms with E-state index < -0.39 is 23.5 Å². The molecule has 0 spiro atoms. The number of carbonyl (C=O) groups is 4. The zero-order valence-corrected chi connectivity index (χ0v) is 21.6. The lowest BCUT2D eigenvalue weighted by Crippen LogP contribution is -2.52. The summed E-state index contributed by atoms with van der Waals surface area (Å²) in [6.07, 6.45) is 3.57. The Hall–Kier alpha value is -5.08. The largest absolute Gasteiger partial charge is 0.394 e. The Bertz CT molecular complexity index is 1560. The highest BCUT2D eigenvalue weighted by Gasteiger charge is 2.39. The van der Waals surface area contributed by atoms with Crippen LogP contribution in [0.25, 0.3) is 11.1 Å². The molecule has 0 saturated carbocycles. The smallest absolute Gasteiger partial charge is 0.320 e. The van der Waals surface area contributed by atoms with Crippen LogP contribution in [0.4, 0.5) is 10.5 Å². The Morgan fingerprint density at radius 1 is 1.15 bits per heavy atom. The van der Waals surface area contributed by atoms with E-state index >= 15 is 0 Å². The van der Waals surface area contributed by atoms with Crippen molar-refractivity contribution < 1.29 is 24.3 Å². The van der Waals surface area contributed by atoms with E-state index in [1.54, 1.807) is 49.5 Å². The number of aliphatic hydroxyl groups excluding tert-OH is 1. The fraction of sp³-hybridized carbons (Fsp3) is 0.241. The van der Waals surface area contributed by atoms with Crippen molar-refractivity contribution in [1.29, 1.82) is 5.26 Å². The van der Waals surface area contributed by atoms with Gasteiger partial charge in [-0.2, -0.15) is 5.26 Å². The van der Waals surface area contributed by atoms with E-state index in [2.05, 4.69) is 27.0 Å². The van der Waals surface area contributed by atoms with E-state index in [4.69, 9.17) is 5.26 Å². The van der Waals surface area contributed by atoms with Gasteiger partial charge in [0.1, 0.15) is 12.1 Å². The number of nitrogens with zero attached hydrogens (tertiary/aromatic N) is 3. The number of imide groups is 1. The number of benzene rings is 2. The van der Waals surface area contributed by atoms with Crippen LogP contribution in [0.1, 0.15) is 46.8 Å². The van der Waals surface area contributed by atoms with Crippen LogP contribution in [0, 0.1) is 11.3 Å². The zero-order chi connectivity index (χ0) is 28.4. The molecule has 1 saturated heterocycles. The normalized spacial score (nSPS) is 17.9. The van der Waals surface area contributed by atoms with Crippen LogP contribution in [0.3, 0.4) is 0 Å². The fourth-order valence-corrected chi connectivity index (χ4v) is 4.96. The predicted molar refractivity (Wildman–Crippen MR) is 143 cm³/mol. The van der Waals surface area contributed by atoms with Crippen molar-refractivity contribution in [2.75, 3.05) is 11.9 Å². The summed E-state index contributed by atoms with van der Waals surface area (Å²) in [5.74, 6) is -1.14. The minimum absolute atomic E-state index is 0.168. The van der Waals surface area contributed by atoms with Gasteiger partial charge < -0.3 is 20.6 Å². The molecule has 3 aromatic rings. The Kier molecular flexibility index (Phi) is 7.02. The Morgan fingerprint density at radius 3 is 2.62 bits per heavy atom. The molecule has 11 nitrogen and oxygen atoms in total. The van der Waals surface area contributed by atoms with Gasteiger partial charge in [0.05, 0.1) is 17.7 Å². The van der Waals surface area contributed by atoms with Gasteiger partial charge in [0, 0.05) is 42.2 Å². The Balaban J connectivity index is 1.26. The maximum absolute atomic E-state index is 12.9. The molecule has 2 atom stereocenters. The number of piperidine rings is 1. The summed E-state index contributed by atoms with van der Waals surface area (Å²) in [4.78, 5) is 55.1. The van der Waals surface area contributed by atoms with Crippen molar-refractivity contribution in [3.8, 4) is 17.2 Å². The number of anilines is 1. The number of urea groups is 1. The van der Waals surface area contributed by atoms with Crippen molar-refractivity contribution in [3.05, 3.63) is 83.2 Å². The first-order chi connectivity index (χ1) is 19.2. The average molecular weight is 539 g/mol. The van der Waals surface area contributed by atoms with Crippen molar-refractivity contribution in [1.82, 2.24) is 20.5 Å². The summed E-state index contributed by atoms with van der Waals surface area (Å²) in [6.45, 7) is 1.51. The van der Waals surface area contributed by atoms with Gasteiger partial charge in [-0.1, -0.05) is 24.3 Å². The number of carbonyl (C=O) groups excluding carboxylic acids is 4. The third-order valence-electron chi connectivity index (χ3n) is 7.21. The number of rotatable bonds is 6. The van der Waals surface area contributed by atoms with Crippen molar-refractivity contribution in [2.45, 2.75) is 37.9 Å². The number of nitriles is 1. The number of hydrogen-bond acceptors (Lipinski definition) is 7. The maximum atomic E-state index is 12.9. The van der Waals surface area contributed by atoms with Crippen LogP contribution in [-0.2, 0) is 21.7 Å². The molecule has 2 aliphatic heterocycles. The average Bonchev–Trinajstić information content (AvgIpc) is 3.28. The van der Waals surface area contributed by atoms with Crippen LogP contribution >= 0.6 is 0 Å². The van der Waals surface area contributed by atoms with Gasteiger partial charge in [0.2, 0.25) is 11.8 Å². The quantitative estimate of drug-likeness (QED) is 0.350. The maximum Gasteiger partial charge on any atom is 0.320 e. The van der Waals surface area contributed by atoms with Gasteiger partial charge in [-0.05, 0) is 54.3 Å². The van der Waals surface area contributed by atoms with Gasteiger partial charge in [0.25, 0.3) is 5.91 Å². The summed E-state index contributed by atoms with van der Waals surface area (Å²) in [6, 6.07) is 14.6. The number of hydrogen-bond donors (Lipinski definition) is 4. The first kappa shape index (κ1) is 26.5. The van der Waals surface area contributed by atoms with Crippen LogP contribution in [0.5, 0.6) is 0 Å². The highest BCUT2D eigenvalue weighted by Crippen LogP contribution is 2.30. The summed E-state index contributed by atoms with van der Waals surface area (Å²) in [5.41, 5.74) is 3.14. The van der Waals surface area contributed by atoms with Gasteiger partial charge in [0.15, 0.2) is 0 Å². The standard InChI is InChI=1S/C29H26N6O5/c1-29(16-36,21-4-2-18(3-5-21)19-10-17(12-30)13-31-14-19)34-28(40)32-22-6-7-23-20(11-22)15-35(27(23)39)24-8-9-25(37)33-26(24)38/h2-7,10-11,13-14,24,36H,8-9,15-16H2,1H3,(H2,32,34,40)(H,33,37,38). The molecule has 5 rings (SSSR count). The van der Waals surface area contributed by atoms with Crippen molar-refractivity contribution in [3.63, 3.8) is 0 Å². The first-order valence-corrected chi connectivity index (χ1v) is 12.6. The number of fused-ring (bicyclic) bond motifs is 1. The van der Waals surface area contributed by atoms with Gasteiger partial charge >= 0.3 is 6.03 Å². The number of amides is 5. The molecular weight excluding hydrogens is 512 g/mol. The molecule has 5 amide bonds. The van der Waals surface area contributed by atoms with E-state index in [-0.39, 0.29) is 37.8 Å². The molecular formula is C29H26N6O5. The number of aliphatic hydroxyl groups is 1. The van der Waals surface area contributed by atoms with Gasteiger partial charge in [-0.3, -0.25) is 24.7 Å². The van der Waals surface area contributed by atoms with E-state index in [1.165, 1.54) is 11.1 Å². The molecule has 0 radical (unpaired) electrons. The molecule has 4 N–H and O–H groups in total. The molecule has 2 unspecified atom stereocenters. The lowest BCUT2D eigenvalue weighted by atomic mass is 9.91. The third kappa shape index (κ3) is 5.12. The minimum atomic E-state index is -1.11. The number of nitrogens with one attached hydrogen (secondary N) is 3. The third-order valence-corrected chi connectivity index (χ3v) is 7.21. The summed E-state index contributed by atoms with van der Waals surface area (Å²) < 4.78 is 0. The monoisotopic (exact) mass is 538 g/mol. The minimum Gasteiger partial charge on any atom is -0.394 e. The van der Waals surface area contributed by atoms with E-state index in [9.17, 15) is 24.3 Å². The zero-order valence-electron chi connectivity index (χ0n) is 21.6. The number of pyridine rings is 1. The summed E-state index contributed by atoms with van der Waals surface area (Å²) in [7, 11) is 0. The molecule has 2 aliphatic rings. The van der Waals surface area contributed by atoms with Crippen LogP contribution in [0.2, 0.25) is 0 Å². The van der Waals surface area contributed by atoms with E-state index in [0.29, 0.717) is 27.9 Å². The molecule has 202 valence electrons. The first-order valence-electron chi connectivity index (χ1n) is 12.6. The molecule has 1 fully saturated rings. The topological polar surface area (TPSA) is 165 Å². The lowest BCUT2D eigenvalue weighted by Gasteiger charge is -2.29. The highest BCUT2D eigenvalue weighted by atomic mass is 16.3. The second kappa shape index (κ2) is 10.6. The SMILES string of the molecule is CC(CO)(NC(=O)Nc1ccc2c(c1)CN(C1CCC(=O)NC1=O)C2=O)c1ccc(-c2cncc(C#N)c2)cc1. The highest BCUT2D eigenvalue weighted by molar-refractivity contribution is 6.05. The van der Waals surface area contributed by atoms with Crippen LogP contribution in [-0.4, -0.2) is 51.4 Å². The van der Waals surface area contributed by atoms with Gasteiger partial charge in [-0.25, -0.2) is 4.79 Å². The second-order valence-electron chi connectivity index (χ2n) is 9.99. The lowest BCUT2D eigenvalue weighted by molar-refractivity contribution is -0.136. The molecule has 3 heterocycles. The Labute approximate surface area is 229 Å². The predicted octanol–water partition coefficient (Wildman–Crippen LogP) is 2.41. The van der Waals surface area contributed by atoms with Gasteiger partial charge in [-0.15, -0.1) is 0 Å². The fourth-order valence-electron chi connectivity index (χ4n) is 4.96. The summed E-state index contributed by atoms with van der Waals surface area (Å²) in [5, 5.41) is 27.1. The molecule has 11 heteroatoms. The van der Waals surface area contributed by atoms with E-state index in [0.717, 1.165) is 11.1 Å². The van der Waals surface area contributed by atoms with Crippen molar-refractivity contribution in [2.24, 2.45) is 0 Å². The molecule has 0 aliphatic carbocycles. The van der Waals surface area contributed by atoms with Crippen molar-refractivity contribution >= 4 is 29.4 Å². The van der Waals surface area contributed by atoms with Crippen LogP contribution in [0.15, 0.2) is 60.9 Å².